The van der Waals surface area contributed by atoms with Crippen LogP contribution in [0.15, 0.2) is 30.3 Å². The number of ether oxygens (including phenoxy) is 1. The maximum absolute atomic E-state index is 12.5. The van der Waals surface area contributed by atoms with Gasteiger partial charge in [-0.15, -0.1) is 0 Å². The van der Waals surface area contributed by atoms with Crippen LogP contribution in [0.3, 0.4) is 0 Å². The Bertz CT molecular complexity index is 963. The number of carbonyl (C=O) groups is 1. The Morgan fingerprint density at radius 1 is 1.16 bits per heavy atom. The molecule has 8 heteroatoms. The summed E-state index contributed by atoms with van der Waals surface area (Å²) in [7, 11) is 0. The van der Waals surface area contributed by atoms with Crippen LogP contribution in [-0.2, 0) is 24.2 Å². The predicted molar refractivity (Wildman–Crippen MR) is 126 cm³/mol. The van der Waals surface area contributed by atoms with Crippen LogP contribution in [0.4, 0.5) is 10.6 Å². The first-order valence-corrected chi connectivity index (χ1v) is 11.6. The topological polar surface area (TPSA) is 61.8 Å². The van der Waals surface area contributed by atoms with Crippen LogP contribution in [0.25, 0.3) is 0 Å². The summed E-state index contributed by atoms with van der Waals surface area (Å²) < 4.78 is 5.55. The van der Waals surface area contributed by atoms with E-state index in [1.54, 1.807) is 4.90 Å². The van der Waals surface area contributed by atoms with E-state index in [9.17, 15) is 4.79 Å². The smallest absolute Gasteiger partial charge is 0.410 e. The Morgan fingerprint density at radius 3 is 2.59 bits per heavy atom. The van der Waals surface area contributed by atoms with Crippen molar-refractivity contribution in [2.75, 3.05) is 31.1 Å². The lowest BCUT2D eigenvalue weighted by Gasteiger charge is -2.42. The fraction of sp³-hybridized carbons (Fsp3) is 0.542. The molecule has 0 radical (unpaired) electrons. The average molecular weight is 458 g/mol. The van der Waals surface area contributed by atoms with Gasteiger partial charge in [-0.3, -0.25) is 4.90 Å². The lowest BCUT2D eigenvalue weighted by atomic mass is 10.0. The number of anilines is 1. The van der Waals surface area contributed by atoms with Crippen molar-refractivity contribution >= 4 is 23.5 Å². The summed E-state index contributed by atoms with van der Waals surface area (Å²) in [5, 5.41) is 0.280. The van der Waals surface area contributed by atoms with Crippen molar-refractivity contribution in [3.8, 4) is 0 Å². The van der Waals surface area contributed by atoms with Crippen LogP contribution < -0.4 is 4.90 Å². The van der Waals surface area contributed by atoms with Crippen molar-refractivity contribution < 1.29 is 9.53 Å². The Morgan fingerprint density at radius 2 is 1.91 bits per heavy atom. The summed E-state index contributed by atoms with van der Waals surface area (Å²) in [4.78, 5) is 28.1. The van der Waals surface area contributed by atoms with Gasteiger partial charge in [0.1, 0.15) is 11.4 Å². The molecular weight excluding hydrogens is 426 g/mol. The van der Waals surface area contributed by atoms with Crippen molar-refractivity contribution in [1.29, 1.82) is 0 Å². The molecule has 0 N–H and O–H groups in total. The van der Waals surface area contributed by atoms with Gasteiger partial charge in [0, 0.05) is 50.9 Å². The van der Waals surface area contributed by atoms with E-state index in [0.29, 0.717) is 19.6 Å². The molecule has 0 saturated carbocycles. The van der Waals surface area contributed by atoms with E-state index in [-0.39, 0.29) is 17.4 Å². The fourth-order valence-corrected chi connectivity index (χ4v) is 4.60. The highest BCUT2D eigenvalue weighted by molar-refractivity contribution is 6.28. The zero-order valence-electron chi connectivity index (χ0n) is 19.3. The fourth-order valence-electron chi connectivity index (χ4n) is 4.41. The van der Waals surface area contributed by atoms with Gasteiger partial charge in [0.15, 0.2) is 0 Å². The minimum atomic E-state index is -0.498. The molecular formula is C24H32ClN5O2. The molecule has 2 aliphatic rings. The molecule has 0 aliphatic carbocycles. The summed E-state index contributed by atoms with van der Waals surface area (Å²) >= 11 is 6.36. The van der Waals surface area contributed by atoms with E-state index in [2.05, 4.69) is 51.0 Å². The Kier molecular flexibility index (Phi) is 6.58. The predicted octanol–water partition coefficient (Wildman–Crippen LogP) is 4.13. The van der Waals surface area contributed by atoms with Gasteiger partial charge in [-0.25, -0.2) is 14.8 Å². The molecule has 2 aliphatic heterocycles. The zero-order valence-corrected chi connectivity index (χ0v) is 20.1. The van der Waals surface area contributed by atoms with Crippen molar-refractivity contribution in [3.63, 3.8) is 0 Å². The van der Waals surface area contributed by atoms with Gasteiger partial charge in [0.2, 0.25) is 5.28 Å². The summed E-state index contributed by atoms with van der Waals surface area (Å²) in [5.41, 5.74) is 2.98. The minimum absolute atomic E-state index is 0.105. The highest BCUT2D eigenvalue weighted by Gasteiger charge is 2.33. The molecule has 1 saturated heterocycles. The first-order valence-electron chi connectivity index (χ1n) is 11.3. The molecule has 1 aromatic heterocycles. The standard InChI is InChI=1S/C24H32ClN5O2/c1-17-14-29(23(31)32-24(2,3)4)12-13-30(17)21-19-10-11-28(15-18-8-6-5-7-9-18)16-20(19)26-22(25)27-21/h5-9,17H,10-16H2,1-4H3/t17-/m0/s1. The summed E-state index contributed by atoms with van der Waals surface area (Å²) in [6, 6.07) is 10.6. The van der Waals surface area contributed by atoms with E-state index < -0.39 is 5.60 Å². The summed E-state index contributed by atoms with van der Waals surface area (Å²) in [6.07, 6.45) is 0.622. The van der Waals surface area contributed by atoms with Crippen molar-refractivity contribution in [2.45, 2.75) is 58.8 Å². The average Bonchev–Trinajstić information content (AvgIpc) is 2.72. The molecule has 0 spiro atoms. The van der Waals surface area contributed by atoms with Gasteiger partial charge in [-0.2, -0.15) is 0 Å². The first-order chi connectivity index (χ1) is 15.2. The van der Waals surface area contributed by atoms with E-state index >= 15 is 0 Å². The van der Waals surface area contributed by atoms with E-state index in [4.69, 9.17) is 16.3 Å². The molecule has 7 nitrogen and oxygen atoms in total. The van der Waals surface area contributed by atoms with E-state index in [1.807, 2.05) is 26.8 Å². The number of piperazine rings is 1. The van der Waals surface area contributed by atoms with Crippen LogP contribution in [-0.4, -0.2) is 63.7 Å². The van der Waals surface area contributed by atoms with Crippen LogP contribution >= 0.6 is 11.6 Å². The second-order valence-corrected chi connectivity index (χ2v) is 9.99. The number of rotatable bonds is 3. The van der Waals surface area contributed by atoms with Crippen LogP contribution in [0.5, 0.6) is 0 Å². The number of fused-ring (bicyclic) bond motifs is 1. The number of benzene rings is 1. The van der Waals surface area contributed by atoms with Gasteiger partial charge >= 0.3 is 6.09 Å². The number of carbonyl (C=O) groups excluding carboxylic acids is 1. The number of nitrogens with zero attached hydrogens (tertiary/aromatic N) is 5. The number of amides is 1. The molecule has 32 heavy (non-hydrogen) atoms. The Hall–Kier alpha value is -2.38. The van der Waals surface area contributed by atoms with Crippen LogP contribution in [0, 0.1) is 0 Å². The normalized spacial score (nSPS) is 19.6. The minimum Gasteiger partial charge on any atom is -0.444 e. The van der Waals surface area contributed by atoms with E-state index in [1.165, 1.54) is 11.1 Å². The highest BCUT2D eigenvalue weighted by Crippen LogP contribution is 2.31. The van der Waals surface area contributed by atoms with Crippen molar-refractivity contribution in [2.24, 2.45) is 0 Å². The maximum atomic E-state index is 12.5. The van der Waals surface area contributed by atoms with Gasteiger partial charge < -0.3 is 14.5 Å². The summed E-state index contributed by atoms with van der Waals surface area (Å²) in [5.74, 6) is 0.913. The quantitative estimate of drug-likeness (QED) is 0.646. The maximum Gasteiger partial charge on any atom is 0.410 e. The molecule has 3 heterocycles. The molecule has 1 amide bonds. The van der Waals surface area contributed by atoms with Gasteiger partial charge in [-0.05, 0) is 51.3 Å². The molecule has 2 aromatic rings. The second-order valence-electron chi connectivity index (χ2n) is 9.66. The van der Waals surface area contributed by atoms with Crippen LogP contribution in [0.1, 0.15) is 44.5 Å². The number of aromatic nitrogens is 2. The Labute approximate surface area is 195 Å². The van der Waals surface area contributed by atoms with Gasteiger partial charge in [0.05, 0.1) is 5.69 Å². The monoisotopic (exact) mass is 457 g/mol. The van der Waals surface area contributed by atoms with Crippen LogP contribution in [0.2, 0.25) is 5.28 Å². The van der Waals surface area contributed by atoms with Gasteiger partial charge in [0.25, 0.3) is 0 Å². The molecule has 1 atom stereocenters. The second kappa shape index (κ2) is 9.24. The molecule has 4 rings (SSSR count). The molecule has 172 valence electrons. The number of halogens is 1. The third kappa shape index (κ3) is 5.33. The lowest BCUT2D eigenvalue weighted by molar-refractivity contribution is 0.0218. The van der Waals surface area contributed by atoms with E-state index in [0.717, 1.165) is 37.6 Å². The molecule has 1 aromatic carbocycles. The molecule has 0 unspecified atom stereocenters. The number of hydrogen-bond donors (Lipinski definition) is 0. The van der Waals surface area contributed by atoms with Gasteiger partial charge in [-0.1, -0.05) is 30.3 Å². The highest BCUT2D eigenvalue weighted by atomic mass is 35.5. The third-order valence-corrected chi connectivity index (χ3v) is 6.06. The molecule has 0 bridgehead atoms. The SMILES string of the molecule is C[C@H]1CN(C(=O)OC(C)(C)C)CCN1c1nc(Cl)nc2c1CCN(Cc1ccccc1)C2. The third-order valence-electron chi connectivity index (χ3n) is 5.90. The Balaban J connectivity index is 1.48. The summed E-state index contributed by atoms with van der Waals surface area (Å²) in [6.45, 7) is 12.3. The van der Waals surface area contributed by atoms with Crippen molar-refractivity contribution in [1.82, 2.24) is 19.8 Å². The zero-order chi connectivity index (χ0) is 22.9. The molecule has 1 fully saturated rings. The number of hydrogen-bond acceptors (Lipinski definition) is 6. The van der Waals surface area contributed by atoms with Crippen molar-refractivity contribution in [3.05, 3.63) is 52.4 Å². The largest absolute Gasteiger partial charge is 0.444 e. The lowest BCUT2D eigenvalue weighted by Crippen LogP contribution is -2.55. The first kappa shape index (κ1) is 22.8.